The Hall–Kier alpha value is -1.96. The van der Waals surface area contributed by atoms with E-state index in [-0.39, 0.29) is 12.4 Å². The number of aromatic amines is 1. The van der Waals surface area contributed by atoms with Crippen molar-refractivity contribution in [2.24, 2.45) is 0 Å². The first-order valence-electron chi connectivity index (χ1n) is 4.65. The lowest BCUT2D eigenvalue weighted by atomic mass is 10.3. The number of nitrogens with one attached hydrogen (secondary N) is 2. The van der Waals surface area contributed by atoms with Crippen LogP contribution in [0.2, 0.25) is 0 Å². The molecular formula is C8H12N4O4. The average molecular weight is 228 g/mol. The van der Waals surface area contributed by atoms with E-state index in [1.54, 1.807) is 0 Å². The lowest BCUT2D eigenvalue weighted by Crippen LogP contribution is -2.36. The largest absolute Gasteiger partial charge is 0.479 e. The molecule has 0 aliphatic heterocycles. The summed E-state index contributed by atoms with van der Waals surface area (Å²) in [6, 6.07) is 0. The number of hydrogen-bond donors (Lipinski definition) is 4. The van der Waals surface area contributed by atoms with Gasteiger partial charge in [-0.1, -0.05) is 6.92 Å². The molecule has 0 aliphatic carbocycles. The van der Waals surface area contributed by atoms with Crippen molar-refractivity contribution in [3.05, 3.63) is 11.6 Å². The van der Waals surface area contributed by atoms with Crippen LogP contribution in [0.4, 0.5) is 0 Å². The predicted octanol–water partition coefficient (Wildman–Crippen LogP) is -1.46. The van der Waals surface area contributed by atoms with Crippen LogP contribution in [0.3, 0.4) is 0 Å². The molecule has 88 valence electrons. The minimum atomic E-state index is -1.63. The Balaban J connectivity index is 2.49. The van der Waals surface area contributed by atoms with Crippen molar-refractivity contribution in [1.29, 1.82) is 0 Å². The minimum Gasteiger partial charge on any atom is -0.479 e. The van der Waals surface area contributed by atoms with E-state index in [1.807, 2.05) is 6.92 Å². The number of aliphatic hydroxyl groups is 1. The van der Waals surface area contributed by atoms with Gasteiger partial charge in [0.2, 0.25) is 5.82 Å². The summed E-state index contributed by atoms with van der Waals surface area (Å²) in [4.78, 5) is 25.4. The quantitative estimate of drug-likeness (QED) is 0.487. The van der Waals surface area contributed by atoms with E-state index in [2.05, 4.69) is 20.5 Å². The Labute approximate surface area is 90.7 Å². The van der Waals surface area contributed by atoms with E-state index in [9.17, 15) is 9.59 Å². The van der Waals surface area contributed by atoms with E-state index in [0.717, 1.165) is 0 Å². The van der Waals surface area contributed by atoms with Crippen molar-refractivity contribution < 1.29 is 19.8 Å². The van der Waals surface area contributed by atoms with Crippen LogP contribution >= 0.6 is 0 Å². The summed E-state index contributed by atoms with van der Waals surface area (Å²) in [5.41, 5.74) is 0. The molecule has 0 aromatic carbocycles. The molecule has 8 heteroatoms. The first-order chi connectivity index (χ1) is 7.54. The second kappa shape index (κ2) is 5.21. The highest BCUT2D eigenvalue weighted by atomic mass is 16.4. The fraction of sp³-hybridized carbons (Fsp3) is 0.500. The highest BCUT2D eigenvalue weighted by molar-refractivity contribution is 5.90. The summed E-state index contributed by atoms with van der Waals surface area (Å²) in [5, 5.41) is 25.7. The van der Waals surface area contributed by atoms with Gasteiger partial charge >= 0.3 is 5.97 Å². The van der Waals surface area contributed by atoms with Crippen LogP contribution in [0, 0.1) is 0 Å². The number of carbonyl (C=O) groups excluding carboxylic acids is 1. The summed E-state index contributed by atoms with van der Waals surface area (Å²) in [5.74, 6) is -1.54. The van der Waals surface area contributed by atoms with Crippen molar-refractivity contribution in [1.82, 2.24) is 20.5 Å². The molecule has 1 unspecified atom stereocenters. The van der Waals surface area contributed by atoms with Crippen molar-refractivity contribution in [3.8, 4) is 0 Å². The van der Waals surface area contributed by atoms with Gasteiger partial charge in [0, 0.05) is 6.42 Å². The second-order valence-corrected chi connectivity index (χ2v) is 3.02. The van der Waals surface area contributed by atoms with Gasteiger partial charge in [-0.3, -0.25) is 9.89 Å². The molecule has 0 spiro atoms. The van der Waals surface area contributed by atoms with Gasteiger partial charge in [0.1, 0.15) is 5.82 Å². The van der Waals surface area contributed by atoms with E-state index < -0.39 is 18.0 Å². The van der Waals surface area contributed by atoms with Crippen molar-refractivity contribution >= 4 is 11.9 Å². The van der Waals surface area contributed by atoms with E-state index in [1.165, 1.54) is 0 Å². The highest BCUT2D eigenvalue weighted by Gasteiger charge is 2.17. The highest BCUT2D eigenvalue weighted by Crippen LogP contribution is 1.93. The van der Waals surface area contributed by atoms with Crippen LogP contribution < -0.4 is 5.32 Å². The zero-order chi connectivity index (χ0) is 12.1. The van der Waals surface area contributed by atoms with Crippen LogP contribution in [0.15, 0.2) is 0 Å². The molecular weight excluding hydrogens is 216 g/mol. The Morgan fingerprint density at radius 3 is 2.75 bits per heavy atom. The molecule has 0 saturated carbocycles. The standard InChI is InChI=1S/C8H12N4O4/c1-2-5-10-6(12-11-5)7(14)9-3-4(13)8(15)16/h4,13H,2-3H2,1H3,(H,9,14)(H,15,16)(H,10,11,12). The molecule has 1 atom stereocenters. The molecule has 1 aromatic rings. The van der Waals surface area contributed by atoms with E-state index >= 15 is 0 Å². The lowest BCUT2D eigenvalue weighted by molar-refractivity contribution is -0.146. The first kappa shape index (κ1) is 12.1. The smallest absolute Gasteiger partial charge is 0.334 e. The molecule has 0 saturated heterocycles. The number of carboxylic acids is 1. The molecule has 0 bridgehead atoms. The average Bonchev–Trinajstić information content (AvgIpc) is 2.73. The first-order valence-corrected chi connectivity index (χ1v) is 4.65. The topological polar surface area (TPSA) is 128 Å². The van der Waals surface area contributed by atoms with Crippen molar-refractivity contribution in [2.75, 3.05) is 6.54 Å². The third-order valence-electron chi connectivity index (χ3n) is 1.81. The number of hydrogen-bond acceptors (Lipinski definition) is 5. The molecule has 1 rings (SSSR count). The number of aromatic nitrogens is 3. The molecule has 0 aliphatic rings. The maximum atomic E-state index is 11.3. The van der Waals surface area contributed by atoms with E-state index in [0.29, 0.717) is 12.2 Å². The zero-order valence-electron chi connectivity index (χ0n) is 8.60. The number of aliphatic carboxylic acids is 1. The Morgan fingerprint density at radius 2 is 2.25 bits per heavy atom. The molecule has 1 heterocycles. The third kappa shape index (κ3) is 3.02. The molecule has 1 aromatic heterocycles. The van der Waals surface area contributed by atoms with Gasteiger partial charge < -0.3 is 15.5 Å². The summed E-state index contributed by atoms with van der Waals surface area (Å²) >= 11 is 0. The number of carbonyl (C=O) groups is 2. The Kier molecular flexibility index (Phi) is 3.95. The van der Waals surface area contributed by atoms with Crippen molar-refractivity contribution in [3.63, 3.8) is 0 Å². The number of nitrogens with zero attached hydrogens (tertiary/aromatic N) is 2. The summed E-state index contributed by atoms with van der Waals surface area (Å²) in [7, 11) is 0. The normalized spacial score (nSPS) is 12.1. The molecule has 0 radical (unpaired) electrons. The van der Waals surface area contributed by atoms with Gasteiger partial charge in [-0.05, 0) is 0 Å². The number of H-pyrrole nitrogens is 1. The molecule has 0 fully saturated rings. The van der Waals surface area contributed by atoms with Gasteiger partial charge in [0.25, 0.3) is 5.91 Å². The van der Waals surface area contributed by atoms with Crippen LogP contribution in [-0.4, -0.2) is 49.9 Å². The van der Waals surface area contributed by atoms with Crippen LogP contribution in [-0.2, 0) is 11.2 Å². The number of carboxylic acid groups (broad SMARTS) is 1. The summed E-state index contributed by atoms with van der Waals surface area (Å²) in [6.07, 6.45) is -1.02. The Morgan fingerprint density at radius 1 is 1.56 bits per heavy atom. The van der Waals surface area contributed by atoms with E-state index in [4.69, 9.17) is 10.2 Å². The SMILES string of the molecule is CCc1nc(C(=O)NCC(O)C(=O)O)n[nH]1. The third-order valence-corrected chi connectivity index (χ3v) is 1.81. The van der Waals surface area contributed by atoms with Gasteiger partial charge in [-0.15, -0.1) is 5.10 Å². The van der Waals surface area contributed by atoms with Gasteiger partial charge in [0.15, 0.2) is 6.10 Å². The minimum absolute atomic E-state index is 0.0746. The molecule has 8 nitrogen and oxygen atoms in total. The lowest BCUT2D eigenvalue weighted by Gasteiger charge is -2.05. The van der Waals surface area contributed by atoms with Crippen molar-refractivity contribution in [2.45, 2.75) is 19.4 Å². The molecule has 4 N–H and O–H groups in total. The van der Waals surface area contributed by atoms with Gasteiger partial charge in [0.05, 0.1) is 6.54 Å². The number of aryl methyl sites for hydroxylation is 1. The molecule has 16 heavy (non-hydrogen) atoms. The maximum Gasteiger partial charge on any atom is 0.334 e. The van der Waals surface area contributed by atoms with Crippen LogP contribution in [0.5, 0.6) is 0 Å². The van der Waals surface area contributed by atoms with Crippen LogP contribution in [0.1, 0.15) is 23.4 Å². The summed E-state index contributed by atoms with van der Waals surface area (Å²) in [6.45, 7) is 1.46. The fourth-order valence-electron chi connectivity index (χ4n) is 0.911. The van der Waals surface area contributed by atoms with Gasteiger partial charge in [-0.25, -0.2) is 9.78 Å². The maximum absolute atomic E-state index is 11.3. The molecule has 1 amide bonds. The fourth-order valence-corrected chi connectivity index (χ4v) is 0.911. The zero-order valence-corrected chi connectivity index (χ0v) is 8.60. The number of amides is 1. The monoisotopic (exact) mass is 228 g/mol. The predicted molar refractivity (Wildman–Crippen MR) is 51.7 cm³/mol. The Bertz CT molecular complexity index is 389. The summed E-state index contributed by atoms with van der Waals surface area (Å²) < 4.78 is 0. The van der Waals surface area contributed by atoms with Gasteiger partial charge in [-0.2, -0.15) is 0 Å². The second-order valence-electron chi connectivity index (χ2n) is 3.02. The number of aliphatic hydroxyl groups excluding tert-OH is 1. The number of rotatable bonds is 5. The van der Waals surface area contributed by atoms with Crippen LogP contribution in [0.25, 0.3) is 0 Å².